The Balaban J connectivity index is 2.00. The molecular weight excluding hydrogens is 238 g/mol. The molecule has 1 unspecified atom stereocenters. The first kappa shape index (κ1) is 11.9. The van der Waals surface area contributed by atoms with Gasteiger partial charge in [-0.15, -0.1) is 11.3 Å². The lowest BCUT2D eigenvalue weighted by atomic mass is 10.0. The van der Waals surface area contributed by atoms with E-state index in [1.165, 1.54) is 26.4 Å². The van der Waals surface area contributed by atoms with Crippen molar-refractivity contribution >= 4 is 11.3 Å². The van der Waals surface area contributed by atoms with Crippen molar-refractivity contribution in [1.29, 1.82) is 0 Å². The molecule has 1 N–H and O–H groups in total. The molecule has 2 heteroatoms. The van der Waals surface area contributed by atoms with Crippen LogP contribution in [0.15, 0.2) is 24.3 Å². The van der Waals surface area contributed by atoms with Crippen LogP contribution in [0.4, 0.5) is 0 Å². The largest absolute Gasteiger partial charge is 0.309 e. The summed E-state index contributed by atoms with van der Waals surface area (Å²) in [6.45, 7) is 7.66. The highest BCUT2D eigenvalue weighted by atomic mass is 32.1. The first-order valence-electron chi connectivity index (χ1n) is 6.56. The van der Waals surface area contributed by atoms with Gasteiger partial charge in [-0.2, -0.15) is 0 Å². The molecule has 0 aliphatic carbocycles. The molecule has 18 heavy (non-hydrogen) atoms. The SMILES string of the molecule is Cc1ccc(-c2cc3c(s2)CNC(C)C3)cc1C. The summed E-state index contributed by atoms with van der Waals surface area (Å²) in [5.41, 5.74) is 5.66. The quantitative estimate of drug-likeness (QED) is 0.812. The highest BCUT2D eigenvalue weighted by Crippen LogP contribution is 2.34. The third kappa shape index (κ3) is 2.11. The lowest BCUT2D eigenvalue weighted by Gasteiger charge is -2.19. The van der Waals surface area contributed by atoms with E-state index in [1.54, 1.807) is 5.56 Å². The molecule has 0 radical (unpaired) electrons. The Morgan fingerprint density at radius 2 is 2.00 bits per heavy atom. The first-order chi connectivity index (χ1) is 8.63. The van der Waals surface area contributed by atoms with Gasteiger partial charge in [0.1, 0.15) is 0 Å². The summed E-state index contributed by atoms with van der Waals surface area (Å²) < 4.78 is 0. The number of thiophene rings is 1. The summed E-state index contributed by atoms with van der Waals surface area (Å²) in [6.07, 6.45) is 1.16. The predicted octanol–water partition coefficient (Wildman–Crippen LogP) is 4.07. The average molecular weight is 257 g/mol. The van der Waals surface area contributed by atoms with E-state index in [-0.39, 0.29) is 0 Å². The van der Waals surface area contributed by atoms with Crippen LogP contribution in [0.3, 0.4) is 0 Å². The van der Waals surface area contributed by atoms with E-state index in [9.17, 15) is 0 Å². The summed E-state index contributed by atoms with van der Waals surface area (Å²) in [4.78, 5) is 2.93. The summed E-state index contributed by atoms with van der Waals surface area (Å²) >= 11 is 1.94. The number of rotatable bonds is 1. The van der Waals surface area contributed by atoms with E-state index in [4.69, 9.17) is 0 Å². The van der Waals surface area contributed by atoms with Crippen LogP contribution in [-0.2, 0) is 13.0 Å². The third-order valence-corrected chi connectivity index (χ3v) is 5.05. The van der Waals surface area contributed by atoms with E-state index in [1.807, 2.05) is 11.3 Å². The maximum absolute atomic E-state index is 3.53. The van der Waals surface area contributed by atoms with Crippen molar-refractivity contribution in [2.75, 3.05) is 0 Å². The zero-order valence-electron chi connectivity index (χ0n) is 11.2. The molecule has 0 saturated heterocycles. The molecule has 0 saturated carbocycles. The van der Waals surface area contributed by atoms with Crippen molar-refractivity contribution in [3.05, 3.63) is 45.8 Å². The molecule has 1 aliphatic heterocycles. The van der Waals surface area contributed by atoms with Crippen LogP contribution in [0.5, 0.6) is 0 Å². The second-order valence-electron chi connectivity index (χ2n) is 5.34. The van der Waals surface area contributed by atoms with E-state index in [2.05, 4.69) is 50.4 Å². The van der Waals surface area contributed by atoms with Gasteiger partial charge in [0.05, 0.1) is 0 Å². The van der Waals surface area contributed by atoms with E-state index < -0.39 is 0 Å². The number of hydrogen-bond donors (Lipinski definition) is 1. The van der Waals surface area contributed by atoms with Gasteiger partial charge in [0.2, 0.25) is 0 Å². The minimum absolute atomic E-state index is 0.611. The van der Waals surface area contributed by atoms with Crippen molar-refractivity contribution < 1.29 is 0 Å². The molecule has 2 aromatic rings. The molecule has 0 spiro atoms. The second kappa shape index (κ2) is 4.52. The molecule has 94 valence electrons. The molecule has 1 atom stereocenters. The maximum Gasteiger partial charge on any atom is 0.0349 e. The highest BCUT2D eigenvalue weighted by Gasteiger charge is 2.18. The fourth-order valence-electron chi connectivity index (χ4n) is 2.49. The van der Waals surface area contributed by atoms with Crippen molar-refractivity contribution in [2.24, 2.45) is 0 Å². The van der Waals surface area contributed by atoms with E-state index in [0.717, 1.165) is 13.0 Å². The van der Waals surface area contributed by atoms with Crippen molar-refractivity contribution in [1.82, 2.24) is 5.32 Å². The van der Waals surface area contributed by atoms with Gasteiger partial charge in [-0.25, -0.2) is 0 Å². The molecular formula is C16H19NS. The van der Waals surface area contributed by atoms with Gasteiger partial charge >= 0.3 is 0 Å². The van der Waals surface area contributed by atoms with Gasteiger partial charge in [-0.1, -0.05) is 18.2 Å². The molecule has 1 aromatic carbocycles. The monoisotopic (exact) mass is 257 g/mol. The summed E-state index contributed by atoms with van der Waals surface area (Å²) in [6, 6.07) is 9.78. The van der Waals surface area contributed by atoms with Crippen LogP contribution in [-0.4, -0.2) is 6.04 Å². The molecule has 0 amide bonds. The first-order valence-corrected chi connectivity index (χ1v) is 7.38. The molecule has 1 aromatic heterocycles. The highest BCUT2D eigenvalue weighted by molar-refractivity contribution is 7.15. The Morgan fingerprint density at radius 3 is 2.78 bits per heavy atom. The van der Waals surface area contributed by atoms with Gasteiger partial charge in [-0.3, -0.25) is 0 Å². The van der Waals surface area contributed by atoms with Crippen LogP contribution in [0.1, 0.15) is 28.5 Å². The van der Waals surface area contributed by atoms with E-state index >= 15 is 0 Å². The van der Waals surface area contributed by atoms with Crippen LogP contribution in [0.2, 0.25) is 0 Å². The average Bonchev–Trinajstić information content (AvgIpc) is 2.75. The molecule has 0 bridgehead atoms. The summed E-state index contributed by atoms with van der Waals surface area (Å²) in [5.74, 6) is 0. The van der Waals surface area contributed by atoms with Crippen LogP contribution < -0.4 is 5.32 Å². The predicted molar refractivity (Wildman–Crippen MR) is 79.2 cm³/mol. The minimum atomic E-state index is 0.611. The van der Waals surface area contributed by atoms with Crippen LogP contribution in [0.25, 0.3) is 10.4 Å². The number of aryl methyl sites for hydroxylation is 2. The number of benzene rings is 1. The minimum Gasteiger partial charge on any atom is -0.309 e. The molecule has 0 fully saturated rings. The normalized spacial score (nSPS) is 18.7. The maximum atomic E-state index is 3.53. The zero-order valence-corrected chi connectivity index (χ0v) is 12.0. The standard InChI is InChI=1S/C16H19NS/c1-10-4-5-13(6-11(10)2)15-8-14-7-12(3)17-9-16(14)18-15/h4-6,8,12,17H,7,9H2,1-3H3. The number of hydrogen-bond acceptors (Lipinski definition) is 2. The Kier molecular flexibility index (Phi) is 3.00. The van der Waals surface area contributed by atoms with Gasteiger partial charge in [0.25, 0.3) is 0 Å². The lowest BCUT2D eigenvalue weighted by Crippen LogP contribution is -2.31. The lowest BCUT2D eigenvalue weighted by molar-refractivity contribution is 0.520. The molecule has 1 nitrogen and oxygen atoms in total. The summed E-state index contributed by atoms with van der Waals surface area (Å²) in [5, 5.41) is 3.53. The summed E-state index contributed by atoms with van der Waals surface area (Å²) in [7, 11) is 0. The molecule has 1 aliphatic rings. The van der Waals surface area contributed by atoms with Crippen LogP contribution >= 0.6 is 11.3 Å². The van der Waals surface area contributed by atoms with Crippen molar-refractivity contribution in [2.45, 2.75) is 39.8 Å². The van der Waals surface area contributed by atoms with Crippen molar-refractivity contribution in [3.63, 3.8) is 0 Å². The second-order valence-corrected chi connectivity index (χ2v) is 6.48. The fraction of sp³-hybridized carbons (Fsp3) is 0.375. The molecule has 2 heterocycles. The third-order valence-electron chi connectivity index (χ3n) is 3.83. The van der Waals surface area contributed by atoms with Gasteiger partial charge < -0.3 is 5.32 Å². The smallest absolute Gasteiger partial charge is 0.0349 e. The van der Waals surface area contributed by atoms with Crippen molar-refractivity contribution in [3.8, 4) is 10.4 Å². The van der Waals surface area contributed by atoms with Gasteiger partial charge in [-0.05, 0) is 55.5 Å². The number of nitrogens with one attached hydrogen (secondary N) is 1. The van der Waals surface area contributed by atoms with Crippen LogP contribution in [0, 0.1) is 13.8 Å². The van der Waals surface area contributed by atoms with Gasteiger partial charge in [0.15, 0.2) is 0 Å². The molecule has 3 rings (SSSR count). The Bertz CT molecular complexity index is 583. The fourth-order valence-corrected chi connectivity index (χ4v) is 3.64. The Morgan fingerprint density at radius 1 is 1.17 bits per heavy atom. The topological polar surface area (TPSA) is 12.0 Å². The Hall–Kier alpha value is -1.12. The van der Waals surface area contributed by atoms with E-state index in [0.29, 0.717) is 6.04 Å². The Labute approximate surface area is 113 Å². The zero-order chi connectivity index (χ0) is 12.7. The number of fused-ring (bicyclic) bond motifs is 1. The van der Waals surface area contributed by atoms with Gasteiger partial charge in [0, 0.05) is 22.3 Å².